The molecule has 0 aliphatic carbocycles. The van der Waals surface area contributed by atoms with Crippen molar-refractivity contribution in [2.75, 3.05) is 12.8 Å². The summed E-state index contributed by atoms with van der Waals surface area (Å²) in [5, 5.41) is 9.13. The Morgan fingerprint density at radius 1 is 1.32 bits per heavy atom. The highest BCUT2D eigenvalue weighted by Crippen LogP contribution is 2.43. The Kier molecular flexibility index (Phi) is 5.20. The van der Waals surface area contributed by atoms with Gasteiger partial charge in [-0.2, -0.15) is 16.7 Å². The summed E-state index contributed by atoms with van der Waals surface area (Å²) in [4.78, 5) is 4.61. The van der Waals surface area contributed by atoms with Crippen LogP contribution in [0, 0.1) is 0 Å². The number of rotatable bonds is 4. The molecule has 0 aromatic carbocycles. The highest BCUT2D eigenvalue weighted by atomic mass is 32.2. The van der Waals surface area contributed by atoms with Crippen LogP contribution in [0.5, 0.6) is 0 Å². The smallest absolute Gasteiger partial charge is 0.231 e. The lowest BCUT2D eigenvalue weighted by Gasteiger charge is -2.29. The molecule has 0 amide bonds. The topological polar surface area (TPSA) is 51.0 Å². The second-order valence-corrected chi connectivity index (χ2v) is 8.22. The van der Waals surface area contributed by atoms with Crippen molar-refractivity contribution in [2.24, 2.45) is 0 Å². The van der Waals surface area contributed by atoms with Crippen molar-refractivity contribution >= 4 is 23.5 Å². The Balaban J connectivity index is 2.05. The van der Waals surface area contributed by atoms with E-state index in [1.165, 1.54) is 0 Å². The van der Waals surface area contributed by atoms with Crippen LogP contribution in [0.15, 0.2) is 4.52 Å². The molecule has 1 saturated heterocycles. The van der Waals surface area contributed by atoms with Crippen LogP contribution >= 0.6 is 23.5 Å². The molecule has 6 heteroatoms. The Morgan fingerprint density at radius 2 is 2.05 bits per heavy atom. The monoisotopic (exact) mass is 301 g/mol. The summed E-state index contributed by atoms with van der Waals surface area (Å²) in [6.45, 7) is 8.81. The second kappa shape index (κ2) is 6.50. The first-order chi connectivity index (χ1) is 9.02. The molecule has 1 aliphatic heterocycles. The van der Waals surface area contributed by atoms with E-state index in [1.807, 2.05) is 30.6 Å². The lowest BCUT2D eigenvalue weighted by molar-refractivity contribution is 0.333. The second-order valence-electron chi connectivity index (χ2n) is 5.23. The molecule has 5 atom stereocenters. The maximum Gasteiger partial charge on any atom is 0.231 e. The Bertz CT molecular complexity index is 412. The molecule has 108 valence electrons. The molecule has 1 fully saturated rings. The quantitative estimate of drug-likeness (QED) is 0.922. The van der Waals surface area contributed by atoms with Crippen LogP contribution in [0.1, 0.15) is 50.6 Å². The molecule has 19 heavy (non-hydrogen) atoms. The normalized spacial score (nSPS) is 31.1. The molecule has 5 unspecified atom stereocenters. The van der Waals surface area contributed by atoms with E-state index < -0.39 is 0 Å². The standard InChI is InChI=1S/C13H23N3OS2/c1-7(8(2)14-5)13-15-12(16-17-13)11-6-18-9(3)10(4)19-11/h7-11,14H,6H2,1-5H3. The van der Waals surface area contributed by atoms with E-state index in [0.717, 1.165) is 17.5 Å². The summed E-state index contributed by atoms with van der Waals surface area (Å²) < 4.78 is 5.44. The Morgan fingerprint density at radius 3 is 2.68 bits per heavy atom. The summed E-state index contributed by atoms with van der Waals surface area (Å²) in [5.74, 6) is 2.92. The van der Waals surface area contributed by atoms with Crippen molar-refractivity contribution in [3.63, 3.8) is 0 Å². The molecule has 0 bridgehead atoms. The first-order valence-electron chi connectivity index (χ1n) is 6.80. The van der Waals surface area contributed by atoms with Gasteiger partial charge in [-0.3, -0.25) is 0 Å². The third-order valence-electron chi connectivity index (χ3n) is 3.89. The SMILES string of the molecule is CNC(C)C(C)c1nc(C2CSC(C)C(C)S2)no1. The van der Waals surface area contributed by atoms with Gasteiger partial charge in [-0.1, -0.05) is 25.9 Å². The van der Waals surface area contributed by atoms with Crippen molar-refractivity contribution in [1.82, 2.24) is 15.5 Å². The highest BCUT2D eigenvalue weighted by molar-refractivity contribution is 8.07. The molecular formula is C13H23N3OS2. The molecule has 1 aromatic rings. The summed E-state index contributed by atoms with van der Waals surface area (Å²) in [6.07, 6.45) is 0. The van der Waals surface area contributed by atoms with E-state index in [0.29, 0.717) is 21.8 Å². The van der Waals surface area contributed by atoms with E-state index in [-0.39, 0.29) is 5.92 Å². The van der Waals surface area contributed by atoms with Crippen molar-refractivity contribution in [3.05, 3.63) is 11.7 Å². The number of hydrogen-bond acceptors (Lipinski definition) is 6. The predicted molar refractivity (Wildman–Crippen MR) is 82.9 cm³/mol. The van der Waals surface area contributed by atoms with E-state index in [2.05, 4.69) is 43.2 Å². The van der Waals surface area contributed by atoms with Gasteiger partial charge in [-0.05, 0) is 14.0 Å². The van der Waals surface area contributed by atoms with Crippen molar-refractivity contribution < 1.29 is 4.52 Å². The molecule has 0 radical (unpaired) electrons. The molecule has 2 heterocycles. The summed E-state index contributed by atoms with van der Waals surface area (Å²) in [5.41, 5.74) is 0. The van der Waals surface area contributed by atoms with E-state index in [1.54, 1.807) is 0 Å². The van der Waals surface area contributed by atoms with Gasteiger partial charge in [0.2, 0.25) is 5.89 Å². The first-order valence-corrected chi connectivity index (χ1v) is 8.80. The third kappa shape index (κ3) is 3.47. The number of likely N-dealkylation sites (N-methyl/N-ethyl adjacent to an activating group) is 1. The van der Waals surface area contributed by atoms with Gasteiger partial charge in [-0.25, -0.2) is 0 Å². The third-order valence-corrected chi connectivity index (χ3v) is 7.28. The van der Waals surface area contributed by atoms with Crippen LogP contribution in [0.25, 0.3) is 0 Å². The number of hydrogen-bond donors (Lipinski definition) is 1. The van der Waals surface area contributed by atoms with E-state index in [4.69, 9.17) is 4.52 Å². The van der Waals surface area contributed by atoms with Gasteiger partial charge in [0.05, 0.1) is 11.2 Å². The van der Waals surface area contributed by atoms with Crippen molar-refractivity contribution in [1.29, 1.82) is 0 Å². The largest absolute Gasteiger partial charge is 0.339 e. The van der Waals surface area contributed by atoms with Gasteiger partial charge in [0.25, 0.3) is 0 Å². The van der Waals surface area contributed by atoms with Crippen LogP contribution in [0.2, 0.25) is 0 Å². The average molecular weight is 301 g/mol. The molecule has 1 aromatic heterocycles. The number of nitrogens with zero attached hydrogens (tertiary/aromatic N) is 2. The highest BCUT2D eigenvalue weighted by Gasteiger charge is 2.30. The summed E-state index contributed by atoms with van der Waals surface area (Å²) in [7, 11) is 1.95. The molecule has 1 aliphatic rings. The van der Waals surface area contributed by atoms with Crippen LogP contribution in [-0.4, -0.2) is 39.5 Å². The number of aromatic nitrogens is 2. The molecule has 0 spiro atoms. The van der Waals surface area contributed by atoms with Crippen LogP contribution in [-0.2, 0) is 0 Å². The van der Waals surface area contributed by atoms with Crippen LogP contribution < -0.4 is 5.32 Å². The van der Waals surface area contributed by atoms with Crippen LogP contribution in [0.3, 0.4) is 0 Å². The lowest BCUT2D eigenvalue weighted by Crippen LogP contribution is -2.27. The minimum absolute atomic E-state index is 0.240. The van der Waals surface area contributed by atoms with E-state index in [9.17, 15) is 0 Å². The molecule has 4 nitrogen and oxygen atoms in total. The van der Waals surface area contributed by atoms with Crippen molar-refractivity contribution in [3.8, 4) is 0 Å². The molecule has 2 rings (SSSR count). The average Bonchev–Trinajstić information content (AvgIpc) is 2.89. The Hall–Kier alpha value is -0.200. The van der Waals surface area contributed by atoms with Gasteiger partial charge in [0, 0.05) is 22.3 Å². The fourth-order valence-corrected chi connectivity index (χ4v) is 4.78. The van der Waals surface area contributed by atoms with Gasteiger partial charge in [0.15, 0.2) is 5.82 Å². The molecule has 1 N–H and O–H groups in total. The summed E-state index contributed by atoms with van der Waals surface area (Å²) in [6, 6.07) is 0.334. The van der Waals surface area contributed by atoms with Gasteiger partial charge < -0.3 is 9.84 Å². The minimum atomic E-state index is 0.240. The zero-order chi connectivity index (χ0) is 14.0. The maximum atomic E-state index is 5.44. The van der Waals surface area contributed by atoms with Gasteiger partial charge in [0.1, 0.15) is 0 Å². The molecular weight excluding hydrogens is 278 g/mol. The predicted octanol–water partition coefficient (Wildman–Crippen LogP) is 3.08. The van der Waals surface area contributed by atoms with Gasteiger partial charge >= 0.3 is 0 Å². The zero-order valence-electron chi connectivity index (χ0n) is 12.2. The van der Waals surface area contributed by atoms with Crippen LogP contribution in [0.4, 0.5) is 0 Å². The fourth-order valence-electron chi connectivity index (χ4n) is 1.95. The van der Waals surface area contributed by atoms with E-state index >= 15 is 0 Å². The lowest BCUT2D eigenvalue weighted by atomic mass is 10.0. The number of thioether (sulfide) groups is 2. The fraction of sp³-hybridized carbons (Fsp3) is 0.846. The zero-order valence-corrected chi connectivity index (χ0v) is 13.8. The van der Waals surface area contributed by atoms with Crippen molar-refractivity contribution in [2.45, 2.75) is 55.4 Å². The number of nitrogens with one attached hydrogen (secondary N) is 1. The molecule has 0 saturated carbocycles. The minimum Gasteiger partial charge on any atom is -0.339 e. The summed E-state index contributed by atoms with van der Waals surface area (Å²) >= 11 is 3.97. The van der Waals surface area contributed by atoms with Gasteiger partial charge in [-0.15, -0.1) is 11.8 Å². The Labute approximate surface area is 123 Å². The maximum absolute atomic E-state index is 5.44. The first kappa shape index (κ1) is 15.2.